The van der Waals surface area contributed by atoms with E-state index in [1.807, 2.05) is 12.4 Å². The fraction of sp³-hybridized carbons (Fsp3) is 0.526. The second-order valence-corrected chi connectivity index (χ2v) is 6.96. The van der Waals surface area contributed by atoms with Crippen molar-refractivity contribution in [3.63, 3.8) is 0 Å². The molecule has 0 spiro atoms. The number of H-pyrrole nitrogens is 1. The second kappa shape index (κ2) is 6.49. The predicted molar refractivity (Wildman–Crippen MR) is 98.3 cm³/mol. The van der Waals surface area contributed by atoms with Gasteiger partial charge < -0.3 is 9.55 Å². The summed E-state index contributed by atoms with van der Waals surface area (Å²) in [5.74, 6) is 1.15. The van der Waals surface area contributed by atoms with Gasteiger partial charge in [-0.1, -0.05) is 6.92 Å². The maximum absolute atomic E-state index is 8.94. The van der Waals surface area contributed by atoms with Crippen LogP contribution in [0.5, 0.6) is 0 Å². The van der Waals surface area contributed by atoms with Crippen molar-refractivity contribution in [1.29, 1.82) is 5.26 Å². The smallest absolute Gasteiger partial charge is 0.139 e. The number of hydrogen-bond donors (Lipinski definition) is 1. The SMILES string of the molecule is CCc1nc2cnc3[nH]ccc3c2n1C1CCN(C(C)CC#N)CC1. The number of pyridine rings is 1. The number of imidazole rings is 1. The third-order valence-electron chi connectivity index (χ3n) is 5.50. The Morgan fingerprint density at radius 1 is 1.40 bits per heavy atom. The minimum atomic E-state index is 0.344. The molecule has 130 valence electrons. The average Bonchev–Trinajstić information content (AvgIpc) is 3.25. The van der Waals surface area contributed by atoms with E-state index in [1.54, 1.807) is 0 Å². The van der Waals surface area contributed by atoms with E-state index in [1.165, 1.54) is 5.52 Å². The van der Waals surface area contributed by atoms with E-state index in [4.69, 9.17) is 10.2 Å². The first-order valence-corrected chi connectivity index (χ1v) is 9.16. The Morgan fingerprint density at radius 3 is 2.92 bits per heavy atom. The number of nitrogens with one attached hydrogen (secondary N) is 1. The normalized spacial score (nSPS) is 18.0. The molecule has 0 aromatic carbocycles. The molecule has 1 unspecified atom stereocenters. The van der Waals surface area contributed by atoms with Gasteiger partial charge in [0.1, 0.15) is 17.0 Å². The van der Waals surface area contributed by atoms with Gasteiger partial charge in [-0.15, -0.1) is 0 Å². The molecular weight excluding hydrogens is 312 g/mol. The summed E-state index contributed by atoms with van der Waals surface area (Å²) < 4.78 is 2.46. The summed E-state index contributed by atoms with van der Waals surface area (Å²) in [4.78, 5) is 15.0. The van der Waals surface area contributed by atoms with Crippen LogP contribution in [0, 0.1) is 11.3 Å². The van der Waals surface area contributed by atoms with Gasteiger partial charge in [-0.2, -0.15) is 5.26 Å². The van der Waals surface area contributed by atoms with Gasteiger partial charge in [-0.3, -0.25) is 4.90 Å². The molecule has 0 amide bonds. The molecule has 0 saturated carbocycles. The van der Waals surface area contributed by atoms with Crippen LogP contribution >= 0.6 is 0 Å². The fourth-order valence-corrected chi connectivity index (χ4v) is 4.13. The first-order valence-electron chi connectivity index (χ1n) is 9.16. The van der Waals surface area contributed by atoms with Gasteiger partial charge in [0.05, 0.1) is 24.2 Å². The van der Waals surface area contributed by atoms with Crippen molar-refractivity contribution in [2.24, 2.45) is 0 Å². The molecule has 1 fully saturated rings. The zero-order chi connectivity index (χ0) is 17.4. The number of aromatic nitrogens is 4. The van der Waals surface area contributed by atoms with Gasteiger partial charge in [-0.05, 0) is 25.8 Å². The van der Waals surface area contributed by atoms with Gasteiger partial charge in [-0.25, -0.2) is 9.97 Å². The van der Waals surface area contributed by atoms with E-state index in [-0.39, 0.29) is 0 Å². The van der Waals surface area contributed by atoms with Crippen molar-refractivity contribution in [2.45, 2.75) is 51.6 Å². The van der Waals surface area contributed by atoms with E-state index < -0.39 is 0 Å². The van der Waals surface area contributed by atoms with Crippen LogP contribution in [0.2, 0.25) is 0 Å². The number of aryl methyl sites for hydroxylation is 1. The topological polar surface area (TPSA) is 73.5 Å². The largest absolute Gasteiger partial charge is 0.346 e. The number of fused-ring (bicyclic) bond motifs is 3. The molecule has 1 saturated heterocycles. The highest BCUT2D eigenvalue weighted by Crippen LogP contribution is 2.32. The summed E-state index contributed by atoms with van der Waals surface area (Å²) in [6, 6.07) is 5.21. The molecule has 0 bridgehead atoms. The van der Waals surface area contributed by atoms with Gasteiger partial charge in [0, 0.05) is 43.2 Å². The molecule has 6 heteroatoms. The number of nitrogens with zero attached hydrogens (tertiary/aromatic N) is 5. The molecule has 4 heterocycles. The van der Waals surface area contributed by atoms with Crippen LogP contribution in [0.15, 0.2) is 18.5 Å². The quantitative estimate of drug-likeness (QED) is 0.792. The molecule has 1 aliphatic heterocycles. The van der Waals surface area contributed by atoms with Crippen molar-refractivity contribution in [2.75, 3.05) is 13.1 Å². The third kappa shape index (κ3) is 2.69. The fourth-order valence-electron chi connectivity index (χ4n) is 4.13. The summed E-state index contributed by atoms with van der Waals surface area (Å²) in [5, 5.41) is 10.1. The van der Waals surface area contributed by atoms with Crippen LogP contribution in [-0.4, -0.2) is 43.6 Å². The van der Waals surface area contributed by atoms with Crippen LogP contribution in [-0.2, 0) is 6.42 Å². The Bertz CT molecular complexity index is 923. The molecule has 4 rings (SSSR count). The third-order valence-corrected chi connectivity index (χ3v) is 5.50. The Morgan fingerprint density at radius 2 is 2.20 bits per heavy atom. The summed E-state index contributed by atoms with van der Waals surface area (Å²) in [5.41, 5.74) is 3.13. The van der Waals surface area contributed by atoms with Crippen LogP contribution < -0.4 is 0 Å². The Hall–Kier alpha value is -2.39. The van der Waals surface area contributed by atoms with Gasteiger partial charge >= 0.3 is 0 Å². The van der Waals surface area contributed by atoms with Crippen LogP contribution in [0.4, 0.5) is 0 Å². The van der Waals surface area contributed by atoms with Gasteiger partial charge in [0.15, 0.2) is 0 Å². The summed E-state index contributed by atoms with van der Waals surface area (Å²) in [7, 11) is 0. The molecule has 25 heavy (non-hydrogen) atoms. The van der Waals surface area contributed by atoms with Crippen molar-refractivity contribution >= 4 is 22.1 Å². The Balaban J connectivity index is 1.70. The summed E-state index contributed by atoms with van der Waals surface area (Å²) >= 11 is 0. The lowest BCUT2D eigenvalue weighted by Gasteiger charge is -2.36. The lowest BCUT2D eigenvalue weighted by Crippen LogP contribution is -2.40. The lowest BCUT2D eigenvalue weighted by atomic mass is 10.0. The molecule has 1 N–H and O–H groups in total. The molecule has 3 aromatic rings. The zero-order valence-electron chi connectivity index (χ0n) is 14.9. The summed E-state index contributed by atoms with van der Waals surface area (Å²) in [6.07, 6.45) is 7.56. The Kier molecular flexibility index (Phi) is 4.18. The highest BCUT2D eigenvalue weighted by atomic mass is 15.2. The van der Waals surface area contributed by atoms with Crippen LogP contribution in [0.3, 0.4) is 0 Å². The van der Waals surface area contributed by atoms with E-state index >= 15 is 0 Å². The molecule has 1 atom stereocenters. The van der Waals surface area contributed by atoms with Crippen molar-refractivity contribution in [1.82, 2.24) is 24.4 Å². The number of likely N-dealkylation sites (tertiary alicyclic amines) is 1. The van der Waals surface area contributed by atoms with Crippen LogP contribution in [0.1, 0.15) is 45.0 Å². The number of aromatic amines is 1. The minimum absolute atomic E-state index is 0.344. The van der Waals surface area contributed by atoms with Gasteiger partial charge in [0.25, 0.3) is 0 Å². The van der Waals surface area contributed by atoms with E-state index in [0.717, 1.165) is 54.7 Å². The lowest BCUT2D eigenvalue weighted by molar-refractivity contribution is 0.145. The number of piperidine rings is 1. The Labute approximate surface area is 147 Å². The van der Waals surface area contributed by atoms with E-state index in [9.17, 15) is 0 Å². The monoisotopic (exact) mass is 336 g/mol. The summed E-state index contributed by atoms with van der Waals surface area (Å²) in [6.45, 7) is 6.40. The number of rotatable bonds is 4. The predicted octanol–water partition coefficient (Wildman–Crippen LogP) is 3.41. The first kappa shape index (κ1) is 16.1. The zero-order valence-corrected chi connectivity index (χ0v) is 14.9. The van der Waals surface area contributed by atoms with Crippen LogP contribution in [0.25, 0.3) is 22.1 Å². The number of nitriles is 1. The minimum Gasteiger partial charge on any atom is -0.346 e. The van der Waals surface area contributed by atoms with E-state index in [0.29, 0.717) is 18.5 Å². The molecule has 0 aliphatic carbocycles. The molecule has 0 radical (unpaired) electrons. The van der Waals surface area contributed by atoms with E-state index in [2.05, 4.69) is 45.4 Å². The number of hydrogen-bond acceptors (Lipinski definition) is 4. The highest BCUT2D eigenvalue weighted by Gasteiger charge is 2.27. The molecule has 6 nitrogen and oxygen atoms in total. The highest BCUT2D eigenvalue weighted by molar-refractivity contribution is 6.01. The van der Waals surface area contributed by atoms with Crippen molar-refractivity contribution in [3.8, 4) is 6.07 Å². The molecular formula is C19H24N6. The molecule has 1 aliphatic rings. The standard InChI is InChI=1S/C19H24N6/c1-3-17-23-16-12-22-19-15(5-9-21-19)18(16)25(17)14-6-10-24(11-7-14)13(2)4-8-20/h5,9,12-14H,3-4,6-7,10-11H2,1-2H3,(H,21,22). The second-order valence-electron chi connectivity index (χ2n) is 6.96. The van der Waals surface area contributed by atoms with Gasteiger partial charge in [0.2, 0.25) is 0 Å². The maximum atomic E-state index is 8.94. The average molecular weight is 336 g/mol. The molecule has 3 aromatic heterocycles. The first-order chi connectivity index (χ1) is 12.2. The maximum Gasteiger partial charge on any atom is 0.139 e. The van der Waals surface area contributed by atoms with Crippen molar-refractivity contribution in [3.05, 3.63) is 24.3 Å². The van der Waals surface area contributed by atoms with Crippen molar-refractivity contribution < 1.29 is 0 Å².